The number of nitrogens with one attached hydrogen (secondary N) is 3. The van der Waals surface area contributed by atoms with Crippen molar-refractivity contribution in [2.24, 2.45) is 4.99 Å². The van der Waals surface area contributed by atoms with Crippen LogP contribution in [0.4, 0.5) is 4.79 Å². The summed E-state index contributed by atoms with van der Waals surface area (Å²) in [6.07, 6.45) is 2.68. The van der Waals surface area contributed by atoms with Crippen molar-refractivity contribution in [2.75, 3.05) is 52.4 Å². The lowest BCUT2D eigenvalue weighted by Gasteiger charge is -2.33. The van der Waals surface area contributed by atoms with Crippen molar-refractivity contribution in [1.29, 1.82) is 0 Å². The molecular weight excluding hydrogens is 396 g/mol. The number of amides is 2. The summed E-state index contributed by atoms with van der Waals surface area (Å²) in [5.41, 5.74) is -0.511. The summed E-state index contributed by atoms with van der Waals surface area (Å²) in [5, 5.41) is 9.63. The lowest BCUT2D eigenvalue weighted by Crippen LogP contribution is -2.50. The van der Waals surface area contributed by atoms with E-state index in [0.29, 0.717) is 13.1 Å². The van der Waals surface area contributed by atoms with Crippen LogP contribution in [-0.4, -0.2) is 91.8 Å². The van der Waals surface area contributed by atoms with E-state index >= 15 is 0 Å². The number of carbonyl (C=O) groups excluding carboxylic acids is 2. The van der Waals surface area contributed by atoms with Crippen molar-refractivity contribution in [3.8, 4) is 0 Å². The number of guanidine groups is 1. The molecule has 9 heteroatoms. The summed E-state index contributed by atoms with van der Waals surface area (Å²) in [6, 6.07) is 0.0735. The van der Waals surface area contributed by atoms with Crippen LogP contribution in [0.15, 0.2) is 4.99 Å². The molecule has 3 N–H and O–H groups in total. The number of hydrogen-bond donors (Lipinski definition) is 3. The van der Waals surface area contributed by atoms with E-state index in [2.05, 4.69) is 27.8 Å². The zero-order valence-electron chi connectivity index (χ0n) is 20.4. The van der Waals surface area contributed by atoms with Crippen LogP contribution in [-0.2, 0) is 9.53 Å². The van der Waals surface area contributed by atoms with E-state index in [1.54, 1.807) is 6.92 Å². The molecule has 31 heavy (non-hydrogen) atoms. The Hall–Kier alpha value is -2.03. The molecule has 1 heterocycles. The molecule has 1 fully saturated rings. The first kappa shape index (κ1) is 27.0. The highest BCUT2D eigenvalue weighted by Gasteiger charge is 2.19. The van der Waals surface area contributed by atoms with Gasteiger partial charge in [0.1, 0.15) is 5.60 Å². The minimum absolute atomic E-state index is 0.0735. The Morgan fingerprint density at radius 1 is 1.10 bits per heavy atom. The Bertz CT molecular complexity index is 568. The molecule has 0 aromatic rings. The maximum atomic E-state index is 12.0. The molecule has 0 spiro atoms. The Balaban J connectivity index is 2.55. The van der Waals surface area contributed by atoms with Crippen LogP contribution in [0.5, 0.6) is 0 Å². The van der Waals surface area contributed by atoms with E-state index in [4.69, 9.17) is 9.73 Å². The monoisotopic (exact) mass is 440 g/mol. The van der Waals surface area contributed by atoms with Gasteiger partial charge in [-0.05, 0) is 34.1 Å². The van der Waals surface area contributed by atoms with E-state index in [-0.39, 0.29) is 11.9 Å². The molecule has 1 rings (SSSR count). The van der Waals surface area contributed by atoms with Crippen LogP contribution in [0.25, 0.3) is 0 Å². The second-order valence-electron chi connectivity index (χ2n) is 8.97. The number of piperazine rings is 1. The third-order valence-corrected chi connectivity index (χ3v) is 4.99. The number of ether oxygens (including phenoxy) is 1. The molecule has 0 saturated carbocycles. The van der Waals surface area contributed by atoms with Gasteiger partial charge < -0.3 is 25.6 Å². The van der Waals surface area contributed by atoms with Crippen molar-refractivity contribution >= 4 is 18.0 Å². The van der Waals surface area contributed by atoms with Gasteiger partial charge in [-0.2, -0.15) is 0 Å². The number of unbranched alkanes of at least 4 members (excludes halogenated alkanes) is 1. The predicted molar refractivity (Wildman–Crippen MR) is 125 cm³/mol. The minimum atomic E-state index is -0.511. The molecule has 9 nitrogen and oxygen atoms in total. The van der Waals surface area contributed by atoms with Crippen molar-refractivity contribution in [1.82, 2.24) is 25.8 Å². The van der Waals surface area contributed by atoms with Gasteiger partial charge in [0, 0.05) is 58.8 Å². The van der Waals surface area contributed by atoms with Gasteiger partial charge in [0.15, 0.2) is 5.96 Å². The Morgan fingerprint density at radius 2 is 1.77 bits per heavy atom. The highest BCUT2D eigenvalue weighted by Crippen LogP contribution is 2.07. The summed E-state index contributed by atoms with van der Waals surface area (Å²) in [6.45, 7) is 17.5. The number of rotatable bonds is 10. The maximum absolute atomic E-state index is 12.0. The summed E-state index contributed by atoms with van der Waals surface area (Å²) >= 11 is 0. The van der Waals surface area contributed by atoms with Gasteiger partial charge in [-0.1, -0.05) is 19.8 Å². The highest BCUT2D eigenvalue weighted by molar-refractivity contribution is 5.80. The average Bonchev–Trinajstić information content (AvgIpc) is 2.69. The van der Waals surface area contributed by atoms with Gasteiger partial charge >= 0.3 is 6.09 Å². The van der Waals surface area contributed by atoms with Crippen LogP contribution in [0.3, 0.4) is 0 Å². The Kier molecular flexibility index (Phi) is 12.3. The quantitative estimate of drug-likeness (QED) is 0.354. The normalized spacial score (nSPS) is 16.6. The molecule has 180 valence electrons. The van der Waals surface area contributed by atoms with E-state index in [0.717, 1.165) is 64.5 Å². The standard InChI is InChI=1S/C22H44N6O3/c1-7-9-10-19(17-25-21(30)31-22(4,5)6)26-20(23-8-2)24-11-12-27-13-15-28(16-14-27)18(3)29/h19H,7-17H2,1-6H3,(H,25,30)(H2,23,24,26). The largest absolute Gasteiger partial charge is 0.444 e. The molecule has 0 bridgehead atoms. The topological polar surface area (TPSA) is 98.3 Å². The smallest absolute Gasteiger partial charge is 0.407 e. The van der Waals surface area contributed by atoms with Crippen LogP contribution < -0.4 is 16.0 Å². The molecule has 0 aromatic heterocycles. The van der Waals surface area contributed by atoms with Crippen molar-refractivity contribution < 1.29 is 14.3 Å². The molecule has 1 aliphatic heterocycles. The highest BCUT2D eigenvalue weighted by atomic mass is 16.6. The Labute approximate surface area is 188 Å². The van der Waals surface area contributed by atoms with Crippen LogP contribution in [0.1, 0.15) is 60.8 Å². The molecule has 1 atom stereocenters. The molecule has 1 saturated heterocycles. The van der Waals surface area contributed by atoms with E-state index in [9.17, 15) is 9.59 Å². The lowest BCUT2D eigenvalue weighted by atomic mass is 10.1. The summed E-state index contributed by atoms with van der Waals surface area (Å²) in [7, 11) is 0. The van der Waals surface area contributed by atoms with Gasteiger partial charge in [-0.15, -0.1) is 0 Å². The van der Waals surface area contributed by atoms with Crippen molar-refractivity contribution in [3.05, 3.63) is 0 Å². The van der Waals surface area contributed by atoms with E-state index < -0.39 is 11.7 Å². The Morgan fingerprint density at radius 3 is 2.32 bits per heavy atom. The first-order valence-corrected chi connectivity index (χ1v) is 11.6. The zero-order chi connectivity index (χ0) is 23.3. The average molecular weight is 441 g/mol. The fourth-order valence-corrected chi connectivity index (χ4v) is 3.30. The minimum Gasteiger partial charge on any atom is -0.444 e. The molecule has 0 aliphatic carbocycles. The number of alkyl carbamates (subject to hydrolysis) is 1. The fraction of sp³-hybridized carbons (Fsp3) is 0.864. The van der Waals surface area contributed by atoms with Gasteiger partial charge in [0.05, 0.1) is 6.54 Å². The van der Waals surface area contributed by atoms with Crippen LogP contribution in [0, 0.1) is 0 Å². The predicted octanol–water partition coefficient (Wildman–Crippen LogP) is 1.79. The molecule has 0 radical (unpaired) electrons. The first-order valence-electron chi connectivity index (χ1n) is 11.6. The second kappa shape index (κ2) is 14.1. The third kappa shape index (κ3) is 12.4. The van der Waals surface area contributed by atoms with Gasteiger partial charge in [-0.3, -0.25) is 14.7 Å². The summed E-state index contributed by atoms with van der Waals surface area (Å²) in [5.74, 6) is 0.909. The van der Waals surface area contributed by atoms with Crippen molar-refractivity contribution in [2.45, 2.75) is 72.4 Å². The lowest BCUT2D eigenvalue weighted by molar-refractivity contribution is -0.130. The number of hydrogen-bond acceptors (Lipinski definition) is 5. The third-order valence-electron chi connectivity index (χ3n) is 4.99. The van der Waals surface area contributed by atoms with Crippen LogP contribution >= 0.6 is 0 Å². The van der Waals surface area contributed by atoms with Gasteiger partial charge in [-0.25, -0.2) is 4.79 Å². The maximum Gasteiger partial charge on any atom is 0.407 e. The first-order chi connectivity index (χ1) is 14.6. The SMILES string of the molecule is CCCCC(CNC(=O)OC(C)(C)C)NC(=NCCN1CCN(C(C)=O)CC1)NCC. The molecule has 0 aromatic carbocycles. The second-order valence-corrected chi connectivity index (χ2v) is 8.97. The van der Waals surface area contributed by atoms with Gasteiger partial charge in [0.2, 0.25) is 5.91 Å². The van der Waals surface area contributed by atoms with E-state index in [1.165, 1.54) is 0 Å². The van der Waals surface area contributed by atoms with Crippen molar-refractivity contribution in [3.63, 3.8) is 0 Å². The number of carbonyl (C=O) groups is 2. The molecule has 1 unspecified atom stereocenters. The summed E-state index contributed by atoms with van der Waals surface area (Å²) < 4.78 is 5.35. The molecule has 1 aliphatic rings. The number of nitrogens with zero attached hydrogens (tertiary/aromatic N) is 3. The van der Waals surface area contributed by atoms with Gasteiger partial charge in [0.25, 0.3) is 0 Å². The number of aliphatic imine (C=N–C) groups is 1. The summed E-state index contributed by atoms with van der Waals surface area (Å²) in [4.78, 5) is 32.4. The van der Waals surface area contributed by atoms with E-state index in [1.807, 2.05) is 32.6 Å². The zero-order valence-corrected chi connectivity index (χ0v) is 20.4. The molecule has 2 amide bonds. The fourth-order valence-electron chi connectivity index (χ4n) is 3.30. The molecular formula is C22H44N6O3. The van der Waals surface area contributed by atoms with Crippen LogP contribution in [0.2, 0.25) is 0 Å².